The van der Waals surface area contributed by atoms with Gasteiger partial charge < -0.3 is 15.2 Å². The Hall–Kier alpha value is -3.11. The minimum atomic E-state index is -1.26. The summed E-state index contributed by atoms with van der Waals surface area (Å²) in [6.45, 7) is 1.08. The maximum absolute atomic E-state index is 12.2. The second-order valence-corrected chi connectivity index (χ2v) is 8.40. The van der Waals surface area contributed by atoms with Crippen LogP contribution in [0.2, 0.25) is 0 Å². The minimum absolute atomic E-state index is 0.129. The summed E-state index contributed by atoms with van der Waals surface area (Å²) in [6, 6.07) is 12.3. The lowest BCUT2D eigenvalue weighted by atomic mass is 10.2. The molecular weight excluding hydrogens is 488 g/mol. The third-order valence-electron chi connectivity index (χ3n) is 4.11. The van der Waals surface area contributed by atoms with Gasteiger partial charge in [-0.05, 0) is 70.5 Å². The third kappa shape index (κ3) is 5.96. The van der Waals surface area contributed by atoms with E-state index in [0.29, 0.717) is 38.1 Å². The molecule has 0 atom stereocenters. The third-order valence-corrected chi connectivity index (χ3v) is 5.64. The molecule has 0 aliphatic carbocycles. The first-order valence-electron chi connectivity index (χ1n) is 8.99. The Bertz CT molecular complexity index is 1080. The number of halogens is 1. The highest BCUT2D eigenvalue weighted by Gasteiger charge is 2.36. The summed E-state index contributed by atoms with van der Waals surface area (Å²) < 4.78 is 6.09. The number of aliphatic carboxylic acids is 1. The lowest BCUT2D eigenvalue weighted by Crippen LogP contribution is -2.33. The van der Waals surface area contributed by atoms with Gasteiger partial charge in [0.05, 0.1) is 9.38 Å². The predicted octanol–water partition coefficient (Wildman–Crippen LogP) is 3.90. The molecule has 0 spiro atoms. The first-order chi connectivity index (χ1) is 14.7. The first-order valence-corrected chi connectivity index (χ1v) is 10.6. The molecule has 1 aliphatic heterocycles. The number of nitrogens with one attached hydrogen (secondary N) is 1. The highest BCUT2D eigenvalue weighted by molar-refractivity contribution is 9.10. The summed E-state index contributed by atoms with van der Waals surface area (Å²) >= 11 is 4.04. The average molecular weight is 505 g/mol. The fourth-order valence-corrected chi connectivity index (χ4v) is 3.97. The zero-order valence-corrected chi connectivity index (χ0v) is 18.7. The number of anilines is 1. The number of amides is 3. The van der Waals surface area contributed by atoms with Crippen LogP contribution in [-0.2, 0) is 14.4 Å². The second-order valence-electron chi connectivity index (χ2n) is 6.55. The quantitative estimate of drug-likeness (QED) is 0.549. The van der Waals surface area contributed by atoms with E-state index < -0.39 is 23.7 Å². The molecule has 0 saturated carbocycles. The zero-order valence-electron chi connectivity index (χ0n) is 16.3. The van der Waals surface area contributed by atoms with Gasteiger partial charge in [0.15, 0.2) is 6.61 Å². The Balaban J connectivity index is 1.62. The van der Waals surface area contributed by atoms with Crippen LogP contribution in [-0.4, -0.2) is 46.2 Å². The van der Waals surface area contributed by atoms with Gasteiger partial charge in [-0.3, -0.25) is 24.1 Å². The molecule has 31 heavy (non-hydrogen) atoms. The van der Waals surface area contributed by atoms with E-state index >= 15 is 0 Å². The van der Waals surface area contributed by atoms with E-state index in [1.54, 1.807) is 30.3 Å². The highest BCUT2D eigenvalue weighted by Crippen LogP contribution is 2.33. The summed E-state index contributed by atoms with van der Waals surface area (Å²) in [5.41, 5.74) is 2.36. The molecule has 1 aliphatic rings. The van der Waals surface area contributed by atoms with Crippen molar-refractivity contribution < 1.29 is 29.0 Å². The first kappa shape index (κ1) is 22.6. The van der Waals surface area contributed by atoms with Crippen LogP contribution in [0.25, 0.3) is 6.08 Å². The van der Waals surface area contributed by atoms with E-state index in [2.05, 4.69) is 21.2 Å². The van der Waals surface area contributed by atoms with Crippen molar-refractivity contribution in [1.82, 2.24) is 4.90 Å². The molecule has 0 bridgehead atoms. The molecule has 2 aromatic carbocycles. The number of nitrogens with zero attached hydrogens (tertiary/aromatic N) is 1. The number of carboxylic acids is 1. The zero-order chi connectivity index (χ0) is 22.5. The van der Waals surface area contributed by atoms with Gasteiger partial charge in [0.1, 0.15) is 12.3 Å². The van der Waals surface area contributed by atoms with Gasteiger partial charge in [-0.25, -0.2) is 0 Å². The van der Waals surface area contributed by atoms with Gasteiger partial charge >= 0.3 is 5.97 Å². The van der Waals surface area contributed by atoms with Crippen LogP contribution in [0, 0.1) is 6.92 Å². The van der Waals surface area contributed by atoms with Crippen LogP contribution in [0.1, 0.15) is 11.1 Å². The van der Waals surface area contributed by atoms with Crippen molar-refractivity contribution in [1.29, 1.82) is 0 Å². The van der Waals surface area contributed by atoms with E-state index in [-0.39, 0.29) is 17.4 Å². The number of imide groups is 1. The van der Waals surface area contributed by atoms with Crippen molar-refractivity contribution in [2.24, 2.45) is 0 Å². The molecule has 3 rings (SSSR count). The highest BCUT2D eigenvalue weighted by atomic mass is 79.9. The number of rotatable bonds is 7. The van der Waals surface area contributed by atoms with Crippen molar-refractivity contribution in [2.75, 3.05) is 18.5 Å². The van der Waals surface area contributed by atoms with Crippen molar-refractivity contribution in [3.05, 3.63) is 63.0 Å². The minimum Gasteiger partial charge on any atom is -0.483 e. The van der Waals surface area contributed by atoms with Crippen molar-refractivity contribution >= 4 is 62.5 Å². The van der Waals surface area contributed by atoms with Gasteiger partial charge in [0.25, 0.3) is 17.1 Å². The van der Waals surface area contributed by atoms with E-state index in [0.717, 1.165) is 5.56 Å². The van der Waals surface area contributed by atoms with Crippen LogP contribution in [0.3, 0.4) is 0 Å². The number of aryl methyl sites for hydroxylation is 1. The lowest BCUT2D eigenvalue weighted by Gasteiger charge is -2.10. The number of hydrogen-bond donors (Lipinski definition) is 2. The van der Waals surface area contributed by atoms with Gasteiger partial charge in [0, 0.05) is 5.69 Å². The number of carbonyl (C=O) groups is 4. The van der Waals surface area contributed by atoms with E-state index in [4.69, 9.17) is 9.84 Å². The number of ether oxygens (including phenoxy) is 1. The molecule has 0 unspecified atom stereocenters. The Morgan fingerprint density at radius 1 is 1.19 bits per heavy atom. The van der Waals surface area contributed by atoms with Crippen LogP contribution in [0.4, 0.5) is 10.5 Å². The number of thioether (sulfide) groups is 1. The average Bonchev–Trinajstić information content (AvgIpc) is 2.96. The molecule has 0 radical (unpaired) electrons. The summed E-state index contributed by atoms with van der Waals surface area (Å²) in [7, 11) is 0. The van der Waals surface area contributed by atoms with E-state index in [1.807, 2.05) is 19.1 Å². The van der Waals surface area contributed by atoms with Crippen LogP contribution in [0.5, 0.6) is 5.75 Å². The summed E-state index contributed by atoms with van der Waals surface area (Å²) in [5, 5.41) is 10.9. The number of hydrogen-bond acceptors (Lipinski definition) is 6. The molecule has 1 heterocycles. The molecule has 1 fully saturated rings. The van der Waals surface area contributed by atoms with Gasteiger partial charge in [-0.15, -0.1) is 0 Å². The standard InChI is InChI=1S/C21H17BrN2O6S/c1-12-2-5-14(6-3-12)23-18(25)11-30-16-7-4-13(8-15(16)22)9-17-20(28)24(10-19(26)27)21(29)31-17/h2-9H,10-11H2,1H3,(H,23,25)(H,26,27)/b17-9+. The molecule has 2 aromatic rings. The van der Waals surface area contributed by atoms with Crippen LogP contribution < -0.4 is 10.1 Å². The normalized spacial score (nSPS) is 14.8. The van der Waals surface area contributed by atoms with Gasteiger partial charge in [0.2, 0.25) is 0 Å². The fourth-order valence-electron chi connectivity index (χ4n) is 2.62. The second kappa shape index (κ2) is 9.80. The number of carbonyl (C=O) groups excluding carboxylic acids is 3. The Morgan fingerprint density at radius 2 is 1.90 bits per heavy atom. The monoisotopic (exact) mass is 504 g/mol. The molecule has 1 saturated heterocycles. The van der Waals surface area contributed by atoms with Crippen molar-refractivity contribution in [3.63, 3.8) is 0 Å². The Morgan fingerprint density at radius 3 is 2.55 bits per heavy atom. The fraction of sp³-hybridized carbons (Fsp3) is 0.143. The molecule has 10 heteroatoms. The molecule has 0 aromatic heterocycles. The summed E-state index contributed by atoms with van der Waals surface area (Å²) in [5.74, 6) is -1.80. The van der Waals surface area contributed by atoms with Gasteiger partial charge in [-0.2, -0.15) is 0 Å². The molecule has 3 amide bonds. The molecule has 8 nitrogen and oxygen atoms in total. The van der Waals surface area contributed by atoms with E-state index in [1.165, 1.54) is 6.08 Å². The largest absolute Gasteiger partial charge is 0.483 e. The smallest absolute Gasteiger partial charge is 0.323 e. The topological polar surface area (TPSA) is 113 Å². The van der Waals surface area contributed by atoms with Gasteiger partial charge in [-0.1, -0.05) is 23.8 Å². The van der Waals surface area contributed by atoms with Crippen LogP contribution >= 0.6 is 27.7 Å². The lowest BCUT2D eigenvalue weighted by molar-refractivity contribution is -0.140. The Labute approximate surface area is 190 Å². The van der Waals surface area contributed by atoms with Crippen LogP contribution in [0.15, 0.2) is 51.8 Å². The summed E-state index contributed by atoms with van der Waals surface area (Å²) in [6.07, 6.45) is 1.49. The Kier molecular flexibility index (Phi) is 7.13. The molecular formula is C21H17BrN2O6S. The number of benzene rings is 2. The number of carboxylic acid groups (broad SMARTS) is 1. The maximum atomic E-state index is 12.2. The summed E-state index contributed by atoms with van der Waals surface area (Å²) in [4.78, 5) is 47.7. The molecule has 160 valence electrons. The van der Waals surface area contributed by atoms with Crippen molar-refractivity contribution in [2.45, 2.75) is 6.92 Å². The maximum Gasteiger partial charge on any atom is 0.323 e. The SMILES string of the molecule is Cc1ccc(NC(=O)COc2ccc(/C=C3/SC(=O)N(CC(=O)O)C3=O)cc2Br)cc1. The predicted molar refractivity (Wildman–Crippen MR) is 120 cm³/mol. The van der Waals surface area contributed by atoms with Crippen molar-refractivity contribution in [3.8, 4) is 5.75 Å². The van der Waals surface area contributed by atoms with E-state index in [9.17, 15) is 19.2 Å². The molecule has 2 N–H and O–H groups in total.